The molecule has 1 aliphatic carbocycles. The van der Waals surface area contributed by atoms with Crippen LogP contribution in [0.2, 0.25) is 0 Å². The highest BCUT2D eigenvalue weighted by atomic mass is 19.1. The lowest BCUT2D eigenvalue weighted by atomic mass is 9.59. The van der Waals surface area contributed by atoms with Crippen molar-refractivity contribution < 1.29 is 28.2 Å². The van der Waals surface area contributed by atoms with E-state index in [1.807, 2.05) is 0 Å². The SMILES string of the molecule is COC12CCCCC1(C)C(=O)c1c(O)c(=O)c(C(=O)NCc3ccc(F)cc3F)cn1C2. The van der Waals surface area contributed by atoms with Gasteiger partial charge in [-0.3, -0.25) is 14.4 Å². The molecule has 0 saturated heterocycles. The third-order valence-corrected chi connectivity index (χ3v) is 7.00. The fraction of sp³-hybridized carbons (Fsp3) is 0.435. The Bertz CT molecular complexity index is 1180. The molecule has 170 valence electrons. The lowest BCUT2D eigenvalue weighted by Gasteiger charge is -2.53. The molecule has 2 heterocycles. The quantitative estimate of drug-likeness (QED) is 0.753. The number of fused-ring (bicyclic) bond motifs is 2. The molecule has 7 nitrogen and oxygen atoms in total. The van der Waals surface area contributed by atoms with Crippen molar-refractivity contribution >= 4 is 11.7 Å². The monoisotopic (exact) mass is 446 g/mol. The lowest BCUT2D eigenvalue weighted by molar-refractivity contribution is -0.130. The van der Waals surface area contributed by atoms with Gasteiger partial charge in [-0.2, -0.15) is 0 Å². The van der Waals surface area contributed by atoms with E-state index < -0.39 is 39.7 Å². The fourth-order valence-corrected chi connectivity index (χ4v) is 5.01. The first kappa shape index (κ1) is 22.1. The van der Waals surface area contributed by atoms with Crippen LogP contribution in [0.3, 0.4) is 0 Å². The molecule has 0 spiro atoms. The van der Waals surface area contributed by atoms with Crippen LogP contribution in [0.4, 0.5) is 8.78 Å². The maximum Gasteiger partial charge on any atom is 0.257 e. The number of pyridine rings is 1. The van der Waals surface area contributed by atoms with E-state index in [0.29, 0.717) is 18.9 Å². The molecule has 1 amide bonds. The Balaban J connectivity index is 1.70. The fourth-order valence-electron chi connectivity index (χ4n) is 5.01. The second-order valence-corrected chi connectivity index (χ2v) is 8.68. The molecule has 2 unspecified atom stereocenters. The van der Waals surface area contributed by atoms with Gasteiger partial charge in [-0.15, -0.1) is 0 Å². The Hall–Kier alpha value is -3.07. The Morgan fingerprint density at radius 1 is 1.25 bits per heavy atom. The highest BCUT2D eigenvalue weighted by Crippen LogP contribution is 2.52. The number of carbonyl (C=O) groups is 2. The van der Waals surface area contributed by atoms with Gasteiger partial charge in [-0.05, 0) is 25.8 Å². The number of benzene rings is 1. The second kappa shape index (κ2) is 7.81. The Morgan fingerprint density at radius 3 is 2.66 bits per heavy atom. The average Bonchev–Trinajstić information content (AvgIpc) is 2.76. The number of halogens is 2. The third kappa shape index (κ3) is 3.23. The number of hydrogen-bond acceptors (Lipinski definition) is 5. The Labute approximate surface area is 183 Å². The number of rotatable bonds is 4. The predicted octanol–water partition coefficient (Wildman–Crippen LogP) is 2.92. The molecule has 2 atom stereocenters. The molecule has 1 saturated carbocycles. The normalized spacial score (nSPS) is 24.6. The van der Waals surface area contributed by atoms with Gasteiger partial charge in [0.05, 0.1) is 17.6 Å². The van der Waals surface area contributed by atoms with Crippen LogP contribution < -0.4 is 10.7 Å². The lowest BCUT2D eigenvalue weighted by Crippen LogP contribution is -2.61. The number of nitrogens with zero attached hydrogens (tertiary/aromatic N) is 1. The van der Waals surface area contributed by atoms with Crippen LogP contribution >= 0.6 is 0 Å². The number of Topliss-reactive ketones (excluding diaryl/α,β-unsaturated/α-hetero) is 1. The molecule has 0 radical (unpaired) electrons. The van der Waals surface area contributed by atoms with Crippen LogP contribution in [-0.2, 0) is 17.8 Å². The van der Waals surface area contributed by atoms with E-state index in [1.54, 1.807) is 6.92 Å². The minimum atomic E-state index is -0.981. The molecule has 32 heavy (non-hydrogen) atoms. The van der Waals surface area contributed by atoms with E-state index in [9.17, 15) is 28.3 Å². The van der Waals surface area contributed by atoms with Gasteiger partial charge in [0.1, 0.15) is 22.9 Å². The summed E-state index contributed by atoms with van der Waals surface area (Å²) in [5, 5.41) is 13.0. The molecule has 9 heteroatoms. The topological polar surface area (TPSA) is 97.6 Å². The van der Waals surface area contributed by atoms with Crippen LogP contribution in [-0.4, -0.2) is 34.1 Å². The molecule has 1 fully saturated rings. The third-order valence-electron chi connectivity index (χ3n) is 7.00. The van der Waals surface area contributed by atoms with E-state index in [1.165, 1.54) is 23.9 Å². The molecule has 1 aromatic heterocycles. The maximum absolute atomic E-state index is 13.8. The van der Waals surface area contributed by atoms with Gasteiger partial charge >= 0.3 is 0 Å². The summed E-state index contributed by atoms with van der Waals surface area (Å²) in [7, 11) is 1.54. The van der Waals surface area contributed by atoms with Crippen molar-refractivity contribution in [1.29, 1.82) is 0 Å². The molecule has 4 rings (SSSR count). The van der Waals surface area contributed by atoms with Gasteiger partial charge in [0.25, 0.3) is 5.91 Å². The van der Waals surface area contributed by atoms with E-state index in [4.69, 9.17) is 4.74 Å². The number of nitrogens with one attached hydrogen (secondary N) is 1. The zero-order valence-electron chi connectivity index (χ0n) is 17.8. The zero-order valence-corrected chi connectivity index (χ0v) is 17.8. The van der Waals surface area contributed by atoms with Gasteiger partial charge in [0, 0.05) is 31.5 Å². The molecule has 2 aromatic rings. The summed E-state index contributed by atoms with van der Waals surface area (Å²) in [5.74, 6) is -3.60. The van der Waals surface area contributed by atoms with E-state index in [2.05, 4.69) is 5.32 Å². The summed E-state index contributed by atoms with van der Waals surface area (Å²) < 4.78 is 34.2. The van der Waals surface area contributed by atoms with Crippen molar-refractivity contribution in [1.82, 2.24) is 9.88 Å². The molecule has 1 aliphatic heterocycles. The average molecular weight is 446 g/mol. The number of aromatic hydroxyl groups is 1. The van der Waals surface area contributed by atoms with Crippen molar-refractivity contribution in [3.05, 3.63) is 63.1 Å². The molecule has 2 aliphatic rings. The highest BCUT2D eigenvalue weighted by molar-refractivity contribution is 6.04. The van der Waals surface area contributed by atoms with Crippen LogP contribution in [0.15, 0.2) is 29.2 Å². The minimum absolute atomic E-state index is 0.0357. The van der Waals surface area contributed by atoms with E-state index in [-0.39, 0.29) is 35.7 Å². The van der Waals surface area contributed by atoms with E-state index >= 15 is 0 Å². The zero-order chi connectivity index (χ0) is 23.3. The van der Waals surface area contributed by atoms with E-state index in [0.717, 1.165) is 18.9 Å². The van der Waals surface area contributed by atoms with Gasteiger partial charge in [0.15, 0.2) is 11.5 Å². The number of hydrogen-bond donors (Lipinski definition) is 2. The largest absolute Gasteiger partial charge is 0.503 e. The standard InChI is InChI=1S/C23H24F2N2O5/c1-22-7-3-4-8-23(22,32-2)12-27-11-15(18(28)19(29)17(27)20(22)30)21(31)26-10-13-5-6-14(24)9-16(13)25/h5-6,9,11,29H,3-4,7-8,10,12H2,1-2H3,(H,26,31). The van der Waals surface area contributed by atoms with Crippen molar-refractivity contribution in [2.75, 3.05) is 7.11 Å². The smallest absolute Gasteiger partial charge is 0.257 e. The minimum Gasteiger partial charge on any atom is -0.503 e. The first-order valence-electron chi connectivity index (χ1n) is 10.4. The van der Waals surface area contributed by atoms with Crippen LogP contribution in [0.25, 0.3) is 0 Å². The number of amides is 1. The summed E-state index contributed by atoms with van der Waals surface area (Å²) >= 11 is 0. The number of aromatic nitrogens is 1. The van der Waals surface area contributed by atoms with Crippen LogP contribution in [0.5, 0.6) is 5.75 Å². The molecular formula is C23H24F2N2O5. The molecule has 1 aromatic carbocycles. The van der Waals surface area contributed by atoms with Gasteiger partial charge in [0.2, 0.25) is 5.43 Å². The molecular weight excluding hydrogens is 422 g/mol. The first-order valence-corrected chi connectivity index (χ1v) is 10.4. The predicted molar refractivity (Wildman–Crippen MR) is 111 cm³/mol. The number of methoxy groups -OCH3 is 1. The Kier molecular flexibility index (Phi) is 5.40. The van der Waals surface area contributed by atoms with Gasteiger partial charge < -0.3 is 19.7 Å². The van der Waals surface area contributed by atoms with Crippen LogP contribution in [0, 0.1) is 17.0 Å². The molecule has 2 N–H and O–H groups in total. The summed E-state index contributed by atoms with van der Waals surface area (Å²) in [6.07, 6.45) is 4.14. The van der Waals surface area contributed by atoms with Crippen molar-refractivity contribution in [2.24, 2.45) is 5.41 Å². The maximum atomic E-state index is 13.8. The number of ether oxygens (including phenoxy) is 1. The summed E-state index contributed by atoms with van der Waals surface area (Å²) in [6, 6.07) is 2.94. The van der Waals surface area contributed by atoms with Crippen molar-refractivity contribution in [3.63, 3.8) is 0 Å². The first-order chi connectivity index (χ1) is 15.1. The second-order valence-electron chi connectivity index (χ2n) is 8.68. The van der Waals surface area contributed by atoms with Crippen LogP contribution in [0.1, 0.15) is 59.0 Å². The van der Waals surface area contributed by atoms with Gasteiger partial charge in [-0.25, -0.2) is 8.78 Å². The summed E-state index contributed by atoms with van der Waals surface area (Å²) in [4.78, 5) is 38.8. The summed E-state index contributed by atoms with van der Waals surface area (Å²) in [5.41, 5.74) is -3.17. The Morgan fingerprint density at radius 2 is 1.97 bits per heavy atom. The number of carbonyl (C=O) groups excluding carboxylic acids is 2. The van der Waals surface area contributed by atoms with Crippen molar-refractivity contribution in [2.45, 2.75) is 51.3 Å². The highest BCUT2D eigenvalue weighted by Gasteiger charge is 2.59. The molecule has 0 bridgehead atoms. The van der Waals surface area contributed by atoms with Gasteiger partial charge in [-0.1, -0.05) is 18.9 Å². The van der Waals surface area contributed by atoms with Crippen molar-refractivity contribution in [3.8, 4) is 5.75 Å². The number of ketones is 1. The summed E-state index contributed by atoms with van der Waals surface area (Å²) in [6.45, 7) is 1.71.